The molecule has 154 valence electrons. The van der Waals surface area contributed by atoms with Crippen LogP contribution in [0.25, 0.3) is 0 Å². The minimum Gasteiger partial charge on any atom is -0.379 e. The van der Waals surface area contributed by atoms with Crippen molar-refractivity contribution >= 4 is 11.9 Å². The van der Waals surface area contributed by atoms with Crippen molar-refractivity contribution < 1.29 is 9.53 Å². The van der Waals surface area contributed by atoms with Gasteiger partial charge in [-0.1, -0.05) is 12.8 Å². The Hall–Kier alpha value is -1.34. The first-order chi connectivity index (χ1) is 13.1. The van der Waals surface area contributed by atoms with Crippen molar-refractivity contribution in [3.05, 3.63) is 0 Å². The van der Waals surface area contributed by atoms with Gasteiger partial charge >= 0.3 is 0 Å². The fourth-order valence-corrected chi connectivity index (χ4v) is 4.53. The van der Waals surface area contributed by atoms with Crippen LogP contribution in [-0.4, -0.2) is 99.7 Å². The summed E-state index contributed by atoms with van der Waals surface area (Å²) in [5.74, 6) is 0.980. The normalized spacial score (nSPS) is 23.2. The summed E-state index contributed by atoms with van der Waals surface area (Å²) < 4.78 is 5.41. The van der Waals surface area contributed by atoms with E-state index in [1.165, 1.54) is 32.1 Å². The number of aliphatic imine (C=N–C) groups is 1. The maximum Gasteiger partial charge on any atom is 0.243 e. The number of likely N-dealkylation sites (tertiary alicyclic amines) is 1. The van der Waals surface area contributed by atoms with Gasteiger partial charge in [0.2, 0.25) is 5.91 Å². The predicted molar refractivity (Wildman–Crippen MR) is 108 cm³/mol. The molecule has 0 aromatic carbocycles. The maximum atomic E-state index is 12.0. The topological polar surface area (TPSA) is 60.4 Å². The first kappa shape index (κ1) is 20.4. The van der Waals surface area contributed by atoms with Gasteiger partial charge in [-0.15, -0.1) is 0 Å². The van der Waals surface area contributed by atoms with Crippen molar-refractivity contribution in [3.8, 4) is 0 Å². The van der Waals surface area contributed by atoms with E-state index in [0.717, 1.165) is 64.9 Å². The van der Waals surface area contributed by atoms with E-state index in [-0.39, 0.29) is 12.5 Å². The summed E-state index contributed by atoms with van der Waals surface area (Å²) in [6.45, 7) is 8.14. The zero-order chi connectivity index (χ0) is 19.1. The molecule has 0 bridgehead atoms. The summed E-state index contributed by atoms with van der Waals surface area (Å²) in [5.41, 5.74) is 0.502. The standard InChI is InChI=1S/C20H37N5O2/c1-23(2)18(26)16-22-19(21-9-5-10-24-12-14-27-15-13-24)25-11-8-20(17-25)6-3-4-7-20/h3-17H2,1-2H3,(H,21,22). The molecule has 2 aliphatic heterocycles. The van der Waals surface area contributed by atoms with Gasteiger partial charge in [-0.25, -0.2) is 4.99 Å². The molecular weight excluding hydrogens is 342 g/mol. The average Bonchev–Trinajstić information content (AvgIpc) is 3.31. The number of rotatable bonds is 6. The van der Waals surface area contributed by atoms with E-state index in [1.54, 1.807) is 19.0 Å². The van der Waals surface area contributed by atoms with Crippen LogP contribution in [0.4, 0.5) is 0 Å². The van der Waals surface area contributed by atoms with Gasteiger partial charge in [0.1, 0.15) is 6.54 Å². The summed E-state index contributed by atoms with van der Waals surface area (Å²) in [5, 5.41) is 3.55. The highest BCUT2D eigenvalue weighted by Gasteiger charge is 2.41. The lowest BCUT2D eigenvalue weighted by Crippen LogP contribution is -2.43. The third-order valence-electron chi connectivity index (χ3n) is 6.30. The summed E-state index contributed by atoms with van der Waals surface area (Å²) in [7, 11) is 3.58. The molecular formula is C20H37N5O2. The Balaban J connectivity index is 1.51. The second-order valence-electron chi connectivity index (χ2n) is 8.54. The van der Waals surface area contributed by atoms with Crippen molar-refractivity contribution in [2.45, 2.75) is 38.5 Å². The summed E-state index contributed by atoms with van der Waals surface area (Å²) >= 11 is 0. The minimum atomic E-state index is 0.0531. The fourth-order valence-electron chi connectivity index (χ4n) is 4.53. The molecule has 0 atom stereocenters. The van der Waals surface area contributed by atoms with E-state index >= 15 is 0 Å². The molecule has 3 aliphatic rings. The Morgan fingerprint density at radius 1 is 1.15 bits per heavy atom. The van der Waals surface area contributed by atoms with Gasteiger partial charge in [0.25, 0.3) is 0 Å². The first-order valence-electron chi connectivity index (χ1n) is 10.6. The van der Waals surface area contributed by atoms with Gasteiger partial charge in [0, 0.05) is 46.8 Å². The molecule has 1 N–H and O–H groups in total. The molecule has 3 fully saturated rings. The van der Waals surface area contributed by atoms with Gasteiger partial charge in [0.15, 0.2) is 5.96 Å². The molecule has 0 radical (unpaired) electrons. The van der Waals surface area contributed by atoms with E-state index in [0.29, 0.717) is 5.41 Å². The lowest BCUT2D eigenvalue weighted by atomic mass is 9.86. The van der Waals surface area contributed by atoms with Crippen LogP contribution in [0.3, 0.4) is 0 Å². The number of ether oxygens (including phenoxy) is 1. The van der Waals surface area contributed by atoms with Crippen LogP contribution in [0.15, 0.2) is 4.99 Å². The first-order valence-corrected chi connectivity index (χ1v) is 10.6. The minimum absolute atomic E-state index is 0.0531. The number of hydrogen-bond acceptors (Lipinski definition) is 4. The number of carbonyl (C=O) groups is 1. The van der Waals surface area contributed by atoms with Crippen molar-refractivity contribution in [1.82, 2.24) is 20.0 Å². The molecule has 1 saturated carbocycles. The molecule has 1 spiro atoms. The van der Waals surface area contributed by atoms with Gasteiger partial charge in [-0.05, 0) is 37.6 Å². The van der Waals surface area contributed by atoms with Gasteiger partial charge in [0.05, 0.1) is 13.2 Å². The van der Waals surface area contributed by atoms with Gasteiger partial charge in [-0.3, -0.25) is 9.69 Å². The number of amides is 1. The van der Waals surface area contributed by atoms with Crippen molar-refractivity contribution in [2.24, 2.45) is 10.4 Å². The number of morpholine rings is 1. The second-order valence-corrected chi connectivity index (χ2v) is 8.54. The average molecular weight is 380 g/mol. The number of carbonyl (C=O) groups excluding carboxylic acids is 1. The molecule has 2 heterocycles. The largest absolute Gasteiger partial charge is 0.379 e. The Bertz CT molecular complexity index is 511. The lowest BCUT2D eigenvalue weighted by Gasteiger charge is -2.28. The zero-order valence-corrected chi connectivity index (χ0v) is 17.2. The van der Waals surface area contributed by atoms with Crippen LogP contribution < -0.4 is 5.32 Å². The fraction of sp³-hybridized carbons (Fsp3) is 0.900. The van der Waals surface area contributed by atoms with Crippen LogP contribution in [0, 0.1) is 5.41 Å². The number of guanidine groups is 1. The Morgan fingerprint density at radius 3 is 2.59 bits per heavy atom. The zero-order valence-electron chi connectivity index (χ0n) is 17.2. The van der Waals surface area contributed by atoms with Crippen molar-refractivity contribution in [2.75, 3.05) is 73.1 Å². The molecule has 2 saturated heterocycles. The molecule has 7 heteroatoms. The summed E-state index contributed by atoms with van der Waals surface area (Å²) in [6.07, 6.45) is 7.79. The van der Waals surface area contributed by atoms with Crippen LogP contribution in [0.5, 0.6) is 0 Å². The van der Waals surface area contributed by atoms with E-state index < -0.39 is 0 Å². The van der Waals surface area contributed by atoms with Crippen molar-refractivity contribution in [3.63, 3.8) is 0 Å². The van der Waals surface area contributed by atoms with Gasteiger partial charge < -0.3 is 19.9 Å². The van der Waals surface area contributed by atoms with E-state index in [9.17, 15) is 4.79 Å². The van der Waals surface area contributed by atoms with Gasteiger partial charge in [-0.2, -0.15) is 0 Å². The predicted octanol–water partition coefficient (Wildman–Crippen LogP) is 1.01. The van der Waals surface area contributed by atoms with Crippen LogP contribution in [0.2, 0.25) is 0 Å². The van der Waals surface area contributed by atoms with Crippen LogP contribution in [-0.2, 0) is 9.53 Å². The number of nitrogens with one attached hydrogen (secondary N) is 1. The highest BCUT2D eigenvalue weighted by molar-refractivity contribution is 5.85. The number of hydrogen-bond donors (Lipinski definition) is 1. The molecule has 3 rings (SSSR count). The second kappa shape index (κ2) is 9.73. The lowest BCUT2D eigenvalue weighted by molar-refractivity contribution is -0.127. The highest BCUT2D eigenvalue weighted by Crippen LogP contribution is 2.45. The monoisotopic (exact) mass is 379 g/mol. The molecule has 0 aromatic rings. The molecule has 0 unspecified atom stereocenters. The van der Waals surface area contributed by atoms with E-state index in [1.807, 2.05) is 0 Å². The van der Waals surface area contributed by atoms with Crippen molar-refractivity contribution in [1.29, 1.82) is 0 Å². The quantitative estimate of drug-likeness (QED) is 0.424. The number of likely N-dealkylation sites (N-methyl/N-ethyl adjacent to an activating group) is 1. The Morgan fingerprint density at radius 2 is 1.89 bits per heavy atom. The molecule has 1 amide bonds. The summed E-state index contributed by atoms with van der Waals surface area (Å²) in [4.78, 5) is 23.1. The smallest absolute Gasteiger partial charge is 0.243 e. The molecule has 0 aromatic heterocycles. The maximum absolute atomic E-state index is 12.0. The third-order valence-corrected chi connectivity index (χ3v) is 6.30. The van der Waals surface area contributed by atoms with Crippen LogP contribution >= 0.6 is 0 Å². The Labute approximate surface area is 164 Å². The summed E-state index contributed by atoms with van der Waals surface area (Å²) in [6, 6.07) is 0. The SMILES string of the molecule is CN(C)C(=O)CN=C(NCCCN1CCOCC1)N1CCC2(CCCC2)C1. The molecule has 7 nitrogen and oxygen atoms in total. The molecule has 1 aliphatic carbocycles. The highest BCUT2D eigenvalue weighted by atomic mass is 16.5. The third kappa shape index (κ3) is 5.82. The van der Waals surface area contributed by atoms with E-state index in [2.05, 4.69) is 20.1 Å². The number of nitrogens with zero attached hydrogens (tertiary/aromatic N) is 4. The Kier molecular flexibility index (Phi) is 7.35. The van der Waals surface area contributed by atoms with Crippen LogP contribution in [0.1, 0.15) is 38.5 Å². The molecule has 27 heavy (non-hydrogen) atoms. The van der Waals surface area contributed by atoms with E-state index in [4.69, 9.17) is 4.74 Å².